The number of nitrogens with zero attached hydrogens (tertiary/aromatic N) is 4. The molecule has 0 aromatic heterocycles. The van der Waals surface area contributed by atoms with E-state index in [9.17, 15) is 34.8 Å². The van der Waals surface area contributed by atoms with Gasteiger partial charge in [0.15, 0.2) is 0 Å². The molecule has 48 heavy (non-hydrogen) atoms. The molecule has 0 aromatic carbocycles. The monoisotopic (exact) mass is 708 g/mol. The fraction of sp³-hybridized carbons (Fsp3) is 0.906. The second-order valence-electron chi connectivity index (χ2n) is 12.1. The molecule has 1 aliphatic heterocycles. The normalized spacial score (nSPS) is 18.2. The first-order valence-corrected chi connectivity index (χ1v) is 19.7. The molecule has 1 atom stereocenters. The first kappa shape index (κ1) is 44.3. The Bertz CT molecular complexity index is 859. The highest BCUT2D eigenvalue weighted by Gasteiger charge is 2.39. The molecule has 15 nitrogen and oxygen atoms in total. The van der Waals surface area contributed by atoms with Crippen molar-refractivity contribution < 1.29 is 52.8 Å². The Morgan fingerprint density at radius 3 is 1.38 bits per heavy atom. The Kier molecular flexibility index (Phi) is 25.0. The lowest BCUT2D eigenvalue weighted by Crippen LogP contribution is -2.46. The summed E-state index contributed by atoms with van der Waals surface area (Å²) >= 11 is 0. The molecule has 282 valence electrons. The van der Waals surface area contributed by atoms with Gasteiger partial charge in [-0.3, -0.25) is 14.4 Å². The fourth-order valence-electron chi connectivity index (χ4n) is 5.86. The number of hydrogen-bond acceptors (Lipinski definition) is 12. The molecular formula is C32H64N4O11Si. The summed E-state index contributed by atoms with van der Waals surface area (Å²) in [6, 6.07) is 0.638. The molecule has 0 radical (unpaired) electrons. The lowest BCUT2D eigenvalue weighted by atomic mass is 10.2. The van der Waals surface area contributed by atoms with Crippen molar-refractivity contribution >= 4 is 26.7 Å². The van der Waals surface area contributed by atoms with Gasteiger partial charge in [-0.25, -0.2) is 0 Å². The third-order valence-electron chi connectivity index (χ3n) is 8.15. The number of ether oxygens (including phenoxy) is 1. The quantitative estimate of drug-likeness (QED) is 0.0887. The molecule has 1 rings (SSSR count). The summed E-state index contributed by atoms with van der Waals surface area (Å²) in [6.45, 7) is 15.0. The van der Waals surface area contributed by atoms with Crippen molar-refractivity contribution in [1.82, 2.24) is 19.6 Å². The van der Waals surface area contributed by atoms with E-state index in [2.05, 4.69) is 19.6 Å². The van der Waals surface area contributed by atoms with Crippen LogP contribution in [0.25, 0.3) is 0 Å². The van der Waals surface area contributed by atoms with Crippen LogP contribution in [-0.4, -0.2) is 184 Å². The maximum atomic E-state index is 11.3. The number of aliphatic hydroxyl groups is 1. The molecule has 1 saturated heterocycles. The molecule has 0 bridgehead atoms. The largest absolute Gasteiger partial charge is 0.501 e. The molecule has 0 spiro atoms. The summed E-state index contributed by atoms with van der Waals surface area (Å²) in [5, 5.41) is 38.7. The maximum absolute atomic E-state index is 11.3. The van der Waals surface area contributed by atoms with Crippen LogP contribution in [0.5, 0.6) is 0 Å². The van der Waals surface area contributed by atoms with E-state index in [1.54, 1.807) is 0 Å². The second kappa shape index (κ2) is 27.0. The maximum Gasteiger partial charge on any atom is 0.501 e. The Hall–Kier alpha value is -1.73. The Balaban J connectivity index is 2.85. The van der Waals surface area contributed by atoms with Crippen molar-refractivity contribution in [1.29, 1.82) is 0 Å². The highest BCUT2D eigenvalue weighted by Crippen LogP contribution is 2.18. The van der Waals surface area contributed by atoms with Crippen LogP contribution in [0.3, 0.4) is 0 Å². The predicted octanol–water partition coefficient (Wildman–Crippen LogP) is 1.62. The van der Waals surface area contributed by atoms with Crippen molar-refractivity contribution in [2.75, 3.05) is 112 Å². The number of carboxylic acids is 3. The summed E-state index contributed by atoms with van der Waals surface area (Å²) in [7, 11) is -2.74. The number of aliphatic carboxylic acids is 3. The van der Waals surface area contributed by atoms with E-state index in [-0.39, 0.29) is 25.9 Å². The van der Waals surface area contributed by atoms with E-state index in [1.165, 1.54) is 0 Å². The molecule has 1 fully saturated rings. The molecule has 1 aliphatic rings. The summed E-state index contributed by atoms with van der Waals surface area (Å²) in [4.78, 5) is 42.5. The Labute approximate surface area is 288 Å². The van der Waals surface area contributed by atoms with E-state index < -0.39 is 32.8 Å². The van der Waals surface area contributed by atoms with Gasteiger partial charge in [0.25, 0.3) is 0 Å². The van der Waals surface area contributed by atoms with Crippen LogP contribution in [0.1, 0.15) is 65.7 Å². The van der Waals surface area contributed by atoms with Gasteiger partial charge >= 0.3 is 26.7 Å². The fourth-order valence-corrected chi connectivity index (χ4v) is 8.44. The molecule has 0 saturated carbocycles. The first-order chi connectivity index (χ1) is 23.0. The number of rotatable bonds is 23. The smallest absolute Gasteiger partial charge is 0.481 e. The number of hydrogen-bond donors (Lipinski definition) is 4. The van der Waals surface area contributed by atoms with E-state index in [0.717, 1.165) is 19.3 Å². The Morgan fingerprint density at radius 2 is 1.00 bits per heavy atom. The minimum absolute atomic E-state index is 0.0230. The average molecular weight is 709 g/mol. The number of carbonyl (C=O) groups is 3. The zero-order valence-electron chi connectivity index (χ0n) is 29.7. The molecule has 0 aromatic rings. The summed E-state index contributed by atoms with van der Waals surface area (Å²) in [6.07, 6.45) is 2.40. The first-order valence-electron chi connectivity index (χ1n) is 17.7. The Morgan fingerprint density at radius 1 is 0.625 bits per heavy atom. The van der Waals surface area contributed by atoms with Crippen LogP contribution in [0.4, 0.5) is 0 Å². The second-order valence-corrected chi connectivity index (χ2v) is 14.9. The average Bonchev–Trinajstić information content (AvgIpc) is 3.02. The van der Waals surface area contributed by atoms with E-state index in [4.69, 9.17) is 18.0 Å². The van der Waals surface area contributed by atoms with Gasteiger partial charge in [-0.2, -0.15) is 0 Å². The molecular weight excluding hydrogens is 644 g/mol. The minimum atomic E-state index is -2.74. The number of β-amino-alcohol motifs (C(OH)–C–C–N with tert-alkyl or cyclic N) is 1. The van der Waals surface area contributed by atoms with Gasteiger partial charge < -0.3 is 58.0 Å². The van der Waals surface area contributed by atoms with Crippen LogP contribution < -0.4 is 0 Å². The van der Waals surface area contributed by atoms with Gasteiger partial charge in [-0.1, -0.05) is 0 Å². The molecule has 4 N–H and O–H groups in total. The SMILES string of the molecule is CCO[Si](CCCOCC(O)CN1CCCN(CCC(=O)O)CCCN(CCC(=O)O)CCN(CCC(=O)O)CCC1)(OCC)OCC. The van der Waals surface area contributed by atoms with Crippen LogP contribution >= 0.6 is 0 Å². The van der Waals surface area contributed by atoms with Gasteiger partial charge in [0, 0.05) is 71.7 Å². The van der Waals surface area contributed by atoms with Crippen molar-refractivity contribution in [2.45, 2.75) is 77.9 Å². The zero-order chi connectivity index (χ0) is 35.6. The van der Waals surface area contributed by atoms with Crippen LogP contribution in [-0.2, 0) is 32.4 Å². The summed E-state index contributed by atoms with van der Waals surface area (Å²) < 4.78 is 23.6. The highest BCUT2D eigenvalue weighted by atomic mass is 28.4. The molecule has 1 unspecified atom stereocenters. The van der Waals surface area contributed by atoms with Gasteiger partial charge in [-0.05, 0) is 85.7 Å². The lowest BCUT2D eigenvalue weighted by molar-refractivity contribution is -0.138. The molecule has 1 heterocycles. The van der Waals surface area contributed by atoms with E-state index >= 15 is 0 Å². The number of aliphatic hydroxyl groups excluding tert-OH is 1. The van der Waals surface area contributed by atoms with Gasteiger partial charge in [-0.15, -0.1) is 0 Å². The van der Waals surface area contributed by atoms with Gasteiger partial charge in [0.05, 0.1) is 32.0 Å². The topological polar surface area (TPSA) is 182 Å². The standard InChI is InChI=1S/C32H64N4O11Si/c1-4-45-48(46-5-2,47-6-3)26-10-25-44-28-29(37)27-36-18-8-15-33(20-11-30(38)39)14-7-16-34(21-12-31(40)41)23-24-35(17-9-19-36)22-13-32(42)43/h29,37H,4-28H2,1-3H3,(H,38,39)(H,40,41)(H,42,43). The van der Waals surface area contributed by atoms with Crippen molar-refractivity contribution in [3.63, 3.8) is 0 Å². The summed E-state index contributed by atoms with van der Waals surface area (Å²) in [5.74, 6) is -2.57. The lowest BCUT2D eigenvalue weighted by Gasteiger charge is -2.29. The molecule has 0 amide bonds. The van der Waals surface area contributed by atoms with Crippen LogP contribution in [0.15, 0.2) is 0 Å². The van der Waals surface area contributed by atoms with Crippen molar-refractivity contribution in [3.8, 4) is 0 Å². The third kappa shape index (κ3) is 22.1. The minimum Gasteiger partial charge on any atom is -0.481 e. The summed E-state index contributed by atoms with van der Waals surface area (Å²) in [5.41, 5.74) is 0. The van der Waals surface area contributed by atoms with Crippen LogP contribution in [0, 0.1) is 0 Å². The van der Waals surface area contributed by atoms with Gasteiger partial charge in [0.1, 0.15) is 0 Å². The van der Waals surface area contributed by atoms with E-state index in [0.29, 0.717) is 117 Å². The highest BCUT2D eigenvalue weighted by molar-refractivity contribution is 6.60. The van der Waals surface area contributed by atoms with Crippen molar-refractivity contribution in [3.05, 3.63) is 0 Å². The van der Waals surface area contributed by atoms with Crippen molar-refractivity contribution in [2.24, 2.45) is 0 Å². The number of carboxylic acid groups (broad SMARTS) is 3. The van der Waals surface area contributed by atoms with Crippen LogP contribution in [0.2, 0.25) is 6.04 Å². The predicted molar refractivity (Wildman–Crippen MR) is 183 cm³/mol. The van der Waals surface area contributed by atoms with E-state index in [1.807, 2.05) is 20.8 Å². The third-order valence-corrected chi connectivity index (χ3v) is 11.3. The molecule has 0 aliphatic carbocycles. The van der Waals surface area contributed by atoms with Gasteiger partial charge in [0.2, 0.25) is 0 Å². The molecule has 16 heteroatoms. The zero-order valence-corrected chi connectivity index (χ0v) is 30.7.